The molecule has 2 aromatic heterocycles. The lowest BCUT2D eigenvalue weighted by Crippen LogP contribution is -2.39. The standard InChI is InChI=1S/C22H27Cl2N5O2/c1-13-7-14(2)10-28(9-13)12-18-25-20-19(21(30)27(4)22(31)26(20)3)29(18)11-15-5-6-16(23)17(24)8-15/h5-6,8,13-14H,7,9-12H2,1-4H3/t13-,14-/m0/s1. The van der Waals surface area contributed by atoms with Gasteiger partial charge < -0.3 is 4.57 Å². The highest BCUT2D eigenvalue weighted by atomic mass is 35.5. The van der Waals surface area contributed by atoms with Gasteiger partial charge in [-0.05, 0) is 36.0 Å². The fourth-order valence-electron chi connectivity index (χ4n) is 4.72. The second kappa shape index (κ2) is 8.45. The predicted octanol–water partition coefficient (Wildman–Crippen LogP) is 3.27. The molecule has 0 unspecified atom stereocenters. The number of hydrogen-bond donors (Lipinski definition) is 0. The highest BCUT2D eigenvalue weighted by Gasteiger charge is 2.25. The van der Waals surface area contributed by atoms with Gasteiger partial charge in [0.15, 0.2) is 11.2 Å². The van der Waals surface area contributed by atoms with Crippen LogP contribution < -0.4 is 11.2 Å². The largest absolute Gasteiger partial charge is 0.332 e. The number of fused-ring (bicyclic) bond motifs is 1. The molecule has 3 aromatic rings. The Labute approximate surface area is 190 Å². The minimum Gasteiger partial charge on any atom is -0.317 e. The molecule has 0 spiro atoms. The van der Waals surface area contributed by atoms with E-state index in [0.29, 0.717) is 46.1 Å². The smallest absolute Gasteiger partial charge is 0.317 e. The Kier molecular flexibility index (Phi) is 6.03. The third kappa shape index (κ3) is 4.19. The van der Waals surface area contributed by atoms with Gasteiger partial charge in [-0.1, -0.05) is 43.1 Å². The minimum absolute atomic E-state index is 0.350. The highest BCUT2D eigenvalue weighted by Crippen LogP contribution is 2.26. The van der Waals surface area contributed by atoms with E-state index in [0.717, 1.165) is 29.0 Å². The quantitative estimate of drug-likeness (QED) is 0.595. The van der Waals surface area contributed by atoms with E-state index in [-0.39, 0.29) is 11.2 Å². The first-order chi connectivity index (χ1) is 14.7. The molecule has 9 heteroatoms. The Hall–Kier alpha value is -2.09. The Bertz CT molecular complexity index is 1250. The van der Waals surface area contributed by atoms with Gasteiger partial charge in [0.2, 0.25) is 0 Å². The monoisotopic (exact) mass is 463 g/mol. The topological polar surface area (TPSA) is 65.1 Å². The summed E-state index contributed by atoms with van der Waals surface area (Å²) in [6, 6.07) is 5.44. The number of nitrogens with zero attached hydrogens (tertiary/aromatic N) is 5. The van der Waals surface area contributed by atoms with Crippen LogP contribution in [0.25, 0.3) is 11.2 Å². The molecular formula is C22H27Cl2N5O2. The van der Waals surface area contributed by atoms with Crippen LogP contribution in [0.3, 0.4) is 0 Å². The Morgan fingerprint density at radius 1 is 1.00 bits per heavy atom. The second-order valence-corrected chi connectivity index (χ2v) is 9.70. The minimum atomic E-state index is -0.386. The van der Waals surface area contributed by atoms with E-state index in [9.17, 15) is 9.59 Å². The molecule has 1 aliphatic heterocycles. The van der Waals surface area contributed by atoms with Crippen molar-refractivity contribution in [3.63, 3.8) is 0 Å². The van der Waals surface area contributed by atoms with E-state index in [1.54, 1.807) is 19.2 Å². The summed E-state index contributed by atoms with van der Waals surface area (Å²) in [6.07, 6.45) is 1.21. The molecule has 4 rings (SSSR count). The molecule has 0 aliphatic carbocycles. The molecule has 0 bridgehead atoms. The van der Waals surface area contributed by atoms with Crippen molar-refractivity contribution in [3.05, 3.63) is 60.5 Å². The summed E-state index contributed by atoms with van der Waals surface area (Å²) in [5.74, 6) is 1.98. The number of piperidine rings is 1. The van der Waals surface area contributed by atoms with Crippen molar-refractivity contribution < 1.29 is 0 Å². The summed E-state index contributed by atoms with van der Waals surface area (Å²) in [5.41, 5.74) is 0.997. The number of imidazole rings is 1. The summed E-state index contributed by atoms with van der Waals surface area (Å²) in [5, 5.41) is 0.944. The van der Waals surface area contributed by atoms with Crippen LogP contribution in [0, 0.1) is 11.8 Å². The van der Waals surface area contributed by atoms with E-state index in [1.807, 2.05) is 10.6 Å². The van der Waals surface area contributed by atoms with Gasteiger partial charge in [0.1, 0.15) is 5.82 Å². The van der Waals surface area contributed by atoms with Gasteiger partial charge in [0.05, 0.1) is 16.6 Å². The molecule has 1 aliphatic rings. The Morgan fingerprint density at radius 3 is 2.32 bits per heavy atom. The number of benzene rings is 1. The van der Waals surface area contributed by atoms with Crippen molar-refractivity contribution in [1.29, 1.82) is 0 Å². The first-order valence-corrected chi connectivity index (χ1v) is 11.2. The molecule has 1 aromatic carbocycles. The van der Waals surface area contributed by atoms with Crippen LogP contribution in [-0.4, -0.2) is 36.7 Å². The van der Waals surface area contributed by atoms with Crippen LogP contribution in [-0.2, 0) is 27.2 Å². The number of aromatic nitrogens is 4. The lowest BCUT2D eigenvalue weighted by Gasteiger charge is -2.34. The summed E-state index contributed by atoms with van der Waals surface area (Å²) in [6.45, 7) is 7.52. The van der Waals surface area contributed by atoms with Gasteiger partial charge >= 0.3 is 5.69 Å². The highest BCUT2D eigenvalue weighted by molar-refractivity contribution is 6.42. The fraction of sp³-hybridized carbons (Fsp3) is 0.500. The third-order valence-corrected chi connectivity index (χ3v) is 6.80. The molecule has 31 heavy (non-hydrogen) atoms. The van der Waals surface area contributed by atoms with Gasteiger partial charge in [-0.2, -0.15) is 0 Å². The molecule has 0 N–H and O–H groups in total. The summed E-state index contributed by atoms with van der Waals surface area (Å²) in [7, 11) is 3.14. The van der Waals surface area contributed by atoms with Crippen molar-refractivity contribution in [3.8, 4) is 0 Å². The van der Waals surface area contributed by atoms with E-state index < -0.39 is 0 Å². The third-order valence-electron chi connectivity index (χ3n) is 6.06. The lowest BCUT2D eigenvalue weighted by atomic mass is 9.92. The van der Waals surface area contributed by atoms with Crippen molar-refractivity contribution in [2.75, 3.05) is 13.1 Å². The molecule has 0 amide bonds. The molecule has 1 saturated heterocycles. The van der Waals surface area contributed by atoms with E-state index >= 15 is 0 Å². The van der Waals surface area contributed by atoms with Crippen LogP contribution >= 0.6 is 23.2 Å². The van der Waals surface area contributed by atoms with Crippen molar-refractivity contribution in [2.24, 2.45) is 25.9 Å². The summed E-state index contributed by atoms with van der Waals surface area (Å²) >= 11 is 12.3. The number of likely N-dealkylation sites (tertiary alicyclic amines) is 1. The molecule has 166 valence electrons. The van der Waals surface area contributed by atoms with Crippen molar-refractivity contribution in [2.45, 2.75) is 33.4 Å². The SMILES string of the molecule is C[C@H]1C[C@H](C)CN(Cc2nc3c(c(=O)n(C)c(=O)n3C)n2Cc2ccc(Cl)c(Cl)c2)C1. The van der Waals surface area contributed by atoms with Gasteiger partial charge in [0, 0.05) is 33.7 Å². The first kappa shape index (κ1) is 22.1. The molecule has 2 atom stereocenters. The predicted molar refractivity (Wildman–Crippen MR) is 124 cm³/mol. The molecule has 0 saturated carbocycles. The number of hydrogen-bond acceptors (Lipinski definition) is 4. The molecule has 1 fully saturated rings. The zero-order valence-electron chi connectivity index (χ0n) is 18.2. The second-order valence-electron chi connectivity index (χ2n) is 8.88. The van der Waals surface area contributed by atoms with Crippen LogP contribution in [0.2, 0.25) is 10.0 Å². The normalized spacial score (nSPS) is 19.9. The Morgan fingerprint density at radius 2 is 1.68 bits per heavy atom. The van der Waals surface area contributed by atoms with Gasteiger partial charge in [-0.25, -0.2) is 9.78 Å². The number of halogens is 2. The van der Waals surface area contributed by atoms with E-state index in [2.05, 4.69) is 18.7 Å². The maximum atomic E-state index is 13.1. The van der Waals surface area contributed by atoms with Crippen LogP contribution in [0.4, 0.5) is 0 Å². The van der Waals surface area contributed by atoms with E-state index in [4.69, 9.17) is 28.2 Å². The molecule has 0 radical (unpaired) electrons. The van der Waals surface area contributed by atoms with Gasteiger partial charge in [-0.3, -0.25) is 18.8 Å². The average molecular weight is 464 g/mol. The van der Waals surface area contributed by atoms with Gasteiger partial charge in [-0.15, -0.1) is 0 Å². The lowest BCUT2D eigenvalue weighted by molar-refractivity contribution is 0.130. The molecule has 7 nitrogen and oxygen atoms in total. The maximum absolute atomic E-state index is 13.1. The van der Waals surface area contributed by atoms with Crippen LogP contribution in [0.1, 0.15) is 31.7 Å². The van der Waals surface area contributed by atoms with Crippen LogP contribution in [0.15, 0.2) is 27.8 Å². The van der Waals surface area contributed by atoms with E-state index in [1.165, 1.54) is 18.0 Å². The average Bonchev–Trinajstić information content (AvgIpc) is 3.05. The molecular weight excluding hydrogens is 437 g/mol. The van der Waals surface area contributed by atoms with Crippen LogP contribution in [0.5, 0.6) is 0 Å². The molecule has 3 heterocycles. The number of aryl methyl sites for hydroxylation is 1. The Balaban J connectivity index is 1.85. The van der Waals surface area contributed by atoms with Crippen molar-refractivity contribution >= 4 is 34.4 Å². The zero-order valence-corrected chi connectivity index (χ0v) is 19.7. The summed E-state index contributed by atoms with van der Waals surface area (Å²) < 4.78 is 4.48. The number of rotatable bonds is 4. The first-order valence-electron chi connectivity index (χ1n) is 10.5. The summed E-state index contributed by atoms with van der Waals surface area (Å²) in [4.78, 5) is 32.7. The zero-order chi connectivity index (χ0) is 22.4. The van der Waals surface area contributed by atoms with Gasteiger partial charge in [0.25, 0.3) is 5.56 Å². The maximum Gasteiger partial charge on any atom is 0.332 e. The fourth-order valence-corrected chi connectivity index (χ4v) is 5.04. The van der Waals surface area contributed by atoms with Crippen molar-refractivity contribution in [1.82, 2.24) is 23.6 Å².